The standard InChI is InChI=1S/C18H20F3N3O2/c1-24-16-8-12(26-10-11(22)4-6-18(19,20)21)2-3-14(16)13-5-7-23-9-15(13)17(24)25/h2-3,5,8-9,11,25H,4,6-7,10,22H2,1H3. The van der Waals surface area contributed by atoms with Crippen molar-refractivity contribution in [3.05, 3.63) is 41.3 Å². The van der Waals surface area contributed by atoms with Gasteiger partial charge in [-0.15, -0.1) is 0 Å². The number of aliphatic hydroxyl groups is 1. The van der Waals surface area contributed by atoms with Crippen molar-refractivity contribution >= 4 is 17.5 Å². The Labute approximate surface area is 149 Å². The Kier molecular flexibility index (Phi) is 4.95. The van der Waals surface area contributed by atoms with E-state index in [0.717, 1.165) is 16.8 Å². The van der Waals surface area contributed by atoms with Gasteiger partial charge in [-0.25, -0.2) is 0 Å². The fourth-order valence-electron chi connectivity index (χ4n) is 2.94. The van der Waals surface area contributed by atoms with E-state index in [-0.39, 0.29) is 18.9 Å². The minimum absolute atomic E-state index is 0.0129. The molecule has 2 heterocycles. The van der Waals surface area contributed by atoms with Crippen molar-refractivity contribution in [1.82, 2.24) is 0 Å². The third-order valence-electron chi connectivity index (χ3n) is 4.35. The van der Waals surface area contributed by atoms with Crippen LogP contribution in [0.5, 0.6) is 5.75 Å². The molecule has 0 aromatic heterocycles. The number of ether oxygens (including phenoxy) is 1. The molecule has 8 heteroatoms. The van der Waals surface area contributed by atoms with Crippen LogP contribution in [0.25, 0.3) is 5.57 Å². The maximum absolute atomic E-state index is 12.2. The molecule has 0 amide bonds. The van der Waals surface area contributed by atoms with E-state index in [1.165, 1.54) is 0 Å². The van der Waals surface area contributed by atoms with Gasteiger partial charge in [-0.2, -0.15) is 13.2 Å². The topological polar surface area (TPSA) is 71.1 Å². The van der Waals surface area contributed by atoms with Gasteiger partial charge < -0.3 is 20.5 Å². The van der Waals surface area contributed by atoms with Crippen LogP contribution >= 0.6 is 0 Å². The van der Waals surface area contributed by atoms with Gasteiger partial charge in [0.25, 0.3) is 0 Å². The van der Waals surface area contributed by atoms with Gasteiger partial charge in [-0.05, 0) is 24.1 Å². The Morgan fingerprint density at radius 1 is 1.38 bits per heavy atom. The number of halogens is 3. The highest BCUT2D eigenvalue weighted by atomic mass is 19.4. The number of nitrogens with two attached hydrogens (primary N) is 1. The van der Waals surface area contributed by atoms with Crippen molar-refractivity contribution in [3.63, 3.8) is 0 Å². The number of fused-ring (bicyclic) bond motifs is 3. The second kappa shape index (κ2) is 7.03. The molecular formula is C18H20F3N3O2. The minimum atomic E-state index is -4.22. The summed E-state index contributed by atoms with van der Waals surface area (Å²) < 4.78 is 42.3. The molecular weight excluding hydrogens is 347 g/mol. The lowest BCUT2D eigenvalue weighted by Crippen LogP contribution is -2.29. The molecule has 0 aliphatic carbocycles. The number of hydrogen-bond donors (Lipinski definition) is 2. The SMILES string of the molecule is CN1C(O)=C2C=NCC=C2c2ccc(OCC(N)CCC(F)(F)F)cc21. The molecule has 0 spiro atoms. The van der Waals surface area contributed by atoms with Gasteiger partial charge in [0.2, 0.25) is 5.88 Å². The molecule has 140 valence electrons. The van der Waals surface area contributed by atoms with Crippen molar-refractivity contribution in [2.45, 2.75) is 25.1 Å². The molecule has 0 saturated heterocycles. The minimum Gasteiger partial charge on any atom is -0.494 e. The fraction of sp³-hybridized carbons (Fsp3) is 0.389. The Morgan fingerprint density at radius 2 is 2.15 bits per heavy atom. The highest BCUT2D eigenvalue weighted by Crippen LogP contribution is 2.41. The zero-order valence-electron chi connectivity index (χ0n) is 14.3. The summed E-state index contributed by atoms with van der Waals surface area (Å²) in [5.74, 6) is 0.575. The molecule has 3 rings (SSSR count). The number of hydrogen-bond acceptors (Lipinski definition) is 5. The Morgan fingerprint density at radius 3 is 2.88 bits per heavy atom. The molecule has 0 fully saturated rings. The number of anilines is 1. The summed E-state index contributed by atoms with van der Waals surface area (Å²) in [6.45, 7) is 0.530. The first-order valence-corrected chi connectivity index (χ1v) is 8.23. The molecule has 1 atom stereocenters. The van der Waals surface area contributed by atoms with Crippen LogP contribution in [0.15, 0.2) is 40.7 Å². The second-order valence-electron chi connectivity index (χ2n) is 6.31. The van der Waals surface area contributed by atoms with E-state index in [2.05, 4.69) is 4.99 Å². The highest BCUT2D eigenvalue weighted by molar-refractivity contribution is 6.07. The Bertz CT molecular complexity index is 784. The van der Waals surface area contributed by atoms with Crippen LogP contribution in [-0.2, 0) is 0 Å². The lowest BCUT2D eigenvalue weighted by Gasteiger charge is -2.31. The van der Waals surface area contributed by atoms with Crippen LogP contribution in [0, 0.1) is 0 Å². The van der Waals surface area contributed by atoms with Crippen molar-refractivity contribution in [2.24, 2.45) is 10.7 Å². The summed E-state index contributed by atoms with van der Waals surface area (Å²) in [5, 5.41) is 10.4. The van der Waals surface area contributed by atoms with Gasteiger partial charge in [0.1, 0.15) is 12.4 Å². The van der Waals surface area contributed by atoms with Gasteiger partial charge in [0.05, 0.1) is 17.8 Å². The average molecular weight is 367 g/mol. The number of benzene rings is 1. The van der Waals surface area contributed by atoms with Crippen LogP contribution in [0.4, 0.5) is 18.9 Å². The summed E-state index contributed by atoms with van der Waals surface area (Å²) in [7, 11) is 1.72. The lowest BCUT2D eigenvalue weighted by atomic mass is 9.91. The summed E-state index contributed by atoms with van der Waals surface area (Å²) in [6, 6.07) is 4.64. The van der Waals surface area contributed by atoms with Crippen LogP contribution < -0.4 is 15.4 Å². The number of dihydropyridines is 1. The predicted molar refractivity (Wildman–Crippen MR) is 94.6 cm³/mol. The molecule has 3 N–H and O–H groups in total. The molecule has 1 unspecified atom stereocenters. The number of aliphatic hydroxyl groups excluding tert-OH is 1. The van der Waals surface area contributed by atoms with Crippen LogP contribution in [0.1, 0.15) is 18.4 Å². The third kappa shape index (κ3) is 3.85. The van der Waals surface area contributed by atoms with E-state index in [4.69, 9.17) is 10.5 Å². The second-order valence-corrected chi connectivity index (χ2v) is 6.31. The van der Waals surface area contributed by atoms with Crippen molar-refractivity contribution in [3.8, 4) is 5.75 Å². The van der Waals surface area contributed by atoms with Crippen molar-refractivity contribution in [1.29, 1.82) is 0 Å². The predicted octanol–water partition coefficient (Wildman–Crippen LogP) is 3.42. The average Bonchev–Trinajstić information content (AvgIpc) is 2.62. The normalized spacial score (nSPS) is 17.6. The first-order chi connectivity index (χ1) is 12.3. The molecule has 26 heavy (non-hydrogen) atoms. The first kappa shape index (κ1) is 18.3. The van der Waals surface area contributed by atoms with E-state index >= 15 is 0 Å². The summed E-state index contributed by atoms with van der Waals surface area (Å²) in [5.41, 5.74) is 8.94. The molecule has 2 aliphatic heterocycles. The van der Waals surface area contributed by atoms with E-state index in [0.29, 0.717) is 17.9 Å². The van der Waals surface area contributed by atoms with Crippen LogP contribution in [-0.4, -0.2) is 43.7 Å². The third-order valence-corrected chi connectivity index (χ3v) is 4.35. The zero-order valence-corrected chi connectivity index (χ0v) is 14.3. The van der Waals surface area contributed by atoms with Gasteiger partial charge in [0, 0.05) is 37.4 Å². The lowest BCUT2D eigenvalue weighted by molar-refractivity contribution is -0.136. The van der Waals surface area contributed by atoms with E-state index in [9.17, 15) is 18.3 Å². The Balaban J connectivity index is 1.72. The van der Waals surface area contributed by atoms with E-state index in [1.54, 1.807) is 30.3 Å². The van der Waals surface area contributed by atoms with E-state index < -0.39 is 18.6 Å². The van der Waals surface area contributed by atoms with Crippen molar-refractivity contribution < 1.29 is 23.0 Å². The van der Waals surface area contributed by atoms with Gasteiger partial charge in [0.15, 0.2) is 0 Å². The van der Waals surface area contributed by atoms with Gasteiger partial charge in [-0.3, -0.25) is 4.99 Å². The number of nitrogens with zero attached hydrogens (tertiary/aromatic N) is 2. The van der Waals surface area contributed by atoms with Crippen molar-refractivity contribution in [2.75, 3.05) is 25.1 Å². The molecule has 5 nitrogen and oxygen atoms in total. The van der Waals surface area contributed by atoms with Gasteiger partial charge in [-0.1, -0.05) is 6.08 Å². The maximum atomic E-state index is 12.2. The van der Waals surface area contributed by atoms with Gasteiger partial charge >= 0.3 is 6.18 Å². The van der Waals surface area contributed by atoms with Crippen LogP contribution in [0.2, 0.25) is 0 Å². The largest absolute Gasteiger partial charge is 0.494 e. The number of rotatable bonds is 5. The molecule has 2 aliphatic rings. The van der Waals surface area contributed by atoms with Crippen LogP contribution in [0.3, 0.4) is 0 Å². The molecule has 1 aromatic rings. The fourth-order valence-corrected chi connectivity index (χ4v) is 2.94. The number of aliphatic imine (C=N–C) groups is 1. The summed E-state index contributed by atoms with van der Waals surface area (Å²) in [4.78, 5) is 5.78. The smallest absolute Gasteiger partial charge is 0.389 e. The highest BCUT2D eigenvalue weighted by Gasteiger charge is 2.28. The monoisotopic (exact) mass is 367 g/mol. The molecule has 0 saturated carbocycles. The zero-order chi connectivity index (χ0) is 18.9. The summed E-state index contributed by atoms with van der Waals surface area (Å²) >= 11 is 0. The maximum Gasteiger partial charge on any atom is 0.389 e. The number of allylic oxidation sites excluding steroid dienone is 2. The van der Waals surface area contributed by atoms with E-state index in [1.807, 2.05) is 12.1 Å². The quantitative estimate of drug-likeness (QED) is 0.837. The molecule has 0 bridgehead atoms. The Hall–Kier alpha value is -2.48. The summed E-state index contributed by atoms with van der Waals surface area (Å²) in [6.07, 6.45) is -1.75. The molecule has 0 radical (unpaired) electrons. The number of alkyl halides is 3. The molecule has 1 aromatic carbocycles. The first-order valence-electron chi connectivity index (χ1n) is 8.23.